The van der Waals surface area contributed by atoms with Crippen LogP contribution in [0.15, 0.2) is 36.4 Å². The zero-order chi connectivity index (χ0) is 17.9. The minimum Gasteiger partial charge on any atom is -0.332 e. The summed E-state index contributed by atoms with van der Waals surface area (Å²) in [6.07, 6.45) is 0. The highest BCUT2D eigenvalue weighted by Gasteiger charge is 2.19. The maximum absolute atomic E-state index is 13.5. The van der Waals surface area contributed by atoms with E-state index in [1.807, 2.05) is 19.1 Å². The molecule has 4 nitrogen and oxygen atoms in total. The Balaban J connectivity index is 2.04. The van der Waals surface area contributed by atoms with Gasteiger partial charge in [-0.2, -0.15) is 0 Å². The first-order valence-electron chi connectivity index (χ1n) is 7.04. The summed E-state index contributed by atoms with van der Waals surface area (Å²) in [4.78, 5) is 25.5. The highest BCUT2D eigenvalue weighted by atomic mass is 35.5. The van der Waals surface area contributed by atoms with Crippen molar-refractivity contribution in [1.82, 2.24) is 4.90 Å². The van der Waals surface area contributed by atoms with Gasteiger partial charge in [-0.1, -0.05) is 40.9 Å². The fraction of sp³-hybridized carbons (Fsp3) is 0.176. The maximum atomic E-state index is 13.5. The van der Waals surface area contributed by atoms with Gasteiger partial charge in [0.2, 0.25) is 5.91 Å². The Labute approximate surface area is 149 Å². The summed E-state index contributed by atoms with van der Waals surface area (Å²) in [5.41, 5.74) is 1.64. The molecule has 0 aliphatic heterocycles. The van der Waals surface area contributed by atoms with Crippen LogP contribution in [0.5, 0.6) is 0 Å². The zero-order valence-corrected chi connectivity index (χ0v) is 14.6. The number of nitrogens with zero attached hydrogens (tertiary/aromatic N) is 1. The summed E-state index contributed by atoms with van der Waals surface area (Å²) in [7, 11) is 1.43. The molecule has 2 rings (SSSR count). The fourth-order valence-electron chi connectivity index (χ4n) is 2.02. The second kappa shape index (κ2) is 7.64. The molecule has 0 aliphatic rings. The van der Waals surface area contributed by atoms with Crippen molar-refractivity contribution in [2.75, 3.05) is 18.9 Å². The smallest absolute Gasteiger partial charge is 0.255 e. The van der Waals surface area contributed by atoms with Gasteiger partial charge in [0.15, 0.2) is 0 Å². The first-order valence-corrected chi connectivity index (χ1v) is 7.80. The van der Waals surface area contributed by atoms with Crippen molar-refractivity contribution in [3.05, 3.63) is 63.4 Å². The van der Waals surface area contributed by atoms with E-state index in [4.69, 9.17) is 23.2 Å². The normalized spacial score (nSPS) is 10.4. The van der Waals surface area contributed by atoms with E-state index >= 15 is 0 Å². The molecule has 0 atom stereocenters. The van der Waals surface area contributed by atoms with E-state index in [0.717, 1.165) is 22.6 Å². The minimum absolute atomic E-state index is 0.0252. The van der Waals surface area contributed by atoms with Crippen LogP contribution >= 0.6 is 23.2 Å². The quantitative estimate of drug-likeness (QED) is 0.824. The second-order valence-electron chi connectivity index (χ2n) is 5.32. The molecule has 0 aromatic heterocycles. The summed E-state index contributed by atoms with van der Waals surface area (Å²) in [5.74, 6) is -1.70. The molecule has 0 saturated heterocycles. The van der Waals surface area contributed by atoms with Gasteiger partial charge in [-0.25, -0.2) is 4.39 Å². The van der Waals surface area contributed by atoms with Gasteiger partial charge in [0.25, 0.3) is 5.91 Å². The summed E-state index contributed by atoms with van der Waals surface area (Å²) < 4.78 is 13.5. The number of amides is 2. The van der Waals surface area contributed by atoms with E-state index < -0.39 is 11.7 Å². The van der Waals surface area contributed by atoms with Crippen LogP contribution in [0, 0.1) is 12.7 Å². The molecule has 0 radical (unpaired) electrons. The third-order valence-corrected chi connectivity index (χ3v) is 3.91. The molecular weight excluding hydrogens is 354 g/mol. The predicted molar refractivity (Wildman–Crippen MR) is 93.2 cm³/mol. The first kappa shape index (κ1) is 18.2. The van der Waals surface area contributed by atoms with Gasteiger partial charge in [-0.05, 0) is 31.2 Å². The Hall–Kier alpha value is -2.11. The van der Waals surface area contributed by atoms with Crippen LogP contribution < -0.4 is 5.32 Å². The number of rotatable bonds is 4. The Morgan fingerprint density at radius 3 is 2.38 bits per heavy atom. The lowest BCUT2D eigenvalue weighted by Crippen LogP contribution is -2.35. The van der Waals surface area contributed by atoms with Crippen molar-refractivity contribution in [3.8, 4) is 0 Å². The number of aryl methyl sites for hydroxylation is 1. The van der Waals surface area contributed by atoms with Crippen LogP contribution in [0.4, 0.5) is 10.1 Å². The van der Waals surface area contributed by atoms with E-state index in [0.29, 0.717) is 5.69 Å². The summed E-state index contributed by atoms with van der Waals surface area (Å²) in [6, 6.07) is 9.37. The monoisotopic (exact) mass is 368 g/mol. The van der Waals surface area contributed by atoms with E-state index in [9.17, 15) is 14.0 Å². The number of nitrogens with one attached hydrogen (secondary N) is 1. The van der Waals surface area contributed by atoms with Crippen molar-refractivity contribution in [2.24, 2.45) is 0 Å². The highest BCUT2D eigenvalue weighted by molar-refractivity contribution is 6.36. The topological polar surface area (TPSA) is 49.4 Å². The van der Waals surface area contributed by atoms with E-state index in [1.165, 1.54) is 7.05 Å². The van der Waals surface area contributed by atoms with E-state index in [1.54, 1.807) is 12.1 Å². The number of likely N-dealkylation sites (N-methyl/N-ethyl adjacent to an activating group) is 1. The second-order valence-corrected chi connectivity index (χ2v) is 6.14. The Bertz CT molecular complexity index is 779. The van der Waals surface area contributed by atoms with Crippen LogP contribution in [0.3, 0.4) is 0 Å². The minimum atomic E-state index is -0.748. The Morgan fingerprint density at radius 1 is 1.12 bits per heavy atom. The molecule has 24 heavy (non-hydrogen) atoms. The van der Waals surface area contributed by atoms with Crippen LogP contribution in [-0.4, -0.2) is 30.3 Å². The van der Waals surface area contributed by atoms with Crippen molar-refractivity contribution in [2.45, 2.75) is 6.92 Å². The zero-order valence-electron chi connectivity index (χ0n) is 13.1. The third kappa shape index (κ3) is 4.46. The van der Waals surface area contributed by atoms with Crippen LogP contribution in [0.25, 0.3) is 0 Å². The van der Waals surface area contributed by atoms with Gasteiger partial charge in [-0.15, -0.1) is 0 Å². The molecule has 0 spiro atoms. The average molecular weight is 369 g/mol. The Morgan fingerprint density at radius 2 is 1.75 bits per heavy atom. The maximum Gasteiger partial charge on any atom is 0.255 e. The predicted octanol–water partition coefficient (Wildman–Crippen LogP) is 4.15. The lowest BCUT2D eigenvalue weighted by molar-refractivity contribution is -0.116. The van der Waals surface area contributed by atoms with E-state index in [2.05, 4.69) is 5.32 Å². The van der Waals surface area contributed by atoms with Gasteiger partial charge in [0, 0.05) is 12.7 Å². The number of hydrogen-bond donors (Lipinski definition) is 1. The van der Waals surface area contributed by atoms with Crippen molar-refractivity contribution < 1.29 is 14.0 Å². The van der Waals surface area contributed by atoms with E-state index in [-0.39, 0.29) is 28.1 Å². The highest BCUT2D eigenvalue weighted by Crippen LogP contribution is 2.25. The number of benzene rings is 2. The van der Waals surface area contributed by atoms with Crippen LogP contribution in [-0.2, 0) is 4.79 Å². The van der Waals surface area contributed by atoms with Crippen LogP contribution in [0.2, 0.25) is 10.0 Å². The van der Waals surface area contributed by atoms with Gasteiger partial charge in [0.1, 0.15) is 5.82 Å². The molecule has 1 N–H and O–H groups in total. The molecule has 0 unspecified atom stereocenters. The Kier molecular flexibility index (Phi) is 5.80. The molecular formula is C17H15Cl2FN2O2. The van der Waals surface area contributed by atoms with Crippen molar-refractivity contribution in [3.63, 3.8) is 0 Å². The average Bonchev–Trinajstić information content (AvgIpc) is 2.52. The van der Waals surface area contributed by atoms with Crippen molar-refractivity contribution >= 4 is 40.7 Å². The molecule has 0 aliphatic carbocycles. The lowest BCUT2D eigenvalue weighted by Gasteiger charge is -2.18. The standard InChI is InChI=1S/C17H15Cl2FN2O2/c1-10-3-5-11(6-4-10)21-16(23)9-22(2)17(24)12-7-15(20)14(19)8-13(12)18/h3-8H,9H2,1-2H3,(H,21,23). The lowest BCUT2D eigenvalue weighted by atomic mass is 10.2. The molecule has 7 heteroatoms. The number of hydrogen-bond acceptors (Lipinski definition) is 2. The number of carbonyl (C=O) groups is 2. The molecule has 0 fully saturated rings. The number of halogens is 3. The fourth-order valence-corrected chi connectivity index (χ4v) is 2.48. The number of anilines is 1. The SMILES string of the molecule is Cc1ccc(NC(=O)CN(C)C(=O)c2cc(F)c(Cl)cc2Cl)cc1. The summed E-state index contributed by atoms with van der Waals surface area (Å²) in [6.45, 7) is 1.74. The van der Waals surface area contributed by atoms with Gasteiger partial charge < -0.3 is 10.2 Å². The summed E-state index contributed by atoms with van der Waals surface area (Å²) in [5, 5.41) is 2.54. The molecule has 2 aromatic rings. The molecule has 0 heterocycles. The summed E-state index contributed by atoms with van der Waals surface area (Å²) >= 11 is 11.5. The van der Waals surface area contributed by atoms with Gasteiger partial charge in [0.05, 0.1) is 22.2 Å². The van der Waals surface area contributed by atoms with Crippen LogP contribution in [0.1, 0.15) is 15.9 Å². The van der Waals surface area contributed by atoms with Gasteiger partial charge >= 0.3 is 0 Å². The number of carbonyl (C=O) groups excluding carboxylic acids is 2. The first-order chi connectivity index (χ1) is 11.3. The molecule has 0 saturated carbocycles. The molecule has 0 bridgehead atoms. The molecule has 126 valence electrons. The van der Waals surface area contributed by atoms with Gasteiger partial charge in [-0.3, -0.25) is 9.59 Å². The van der Waals surface area contributed by atoms with Crippen molar-refractivity contribution in [1.29, 1.82) is 0 Å². The molecule has 2 aromatic carbocycles. The largest absolute Gasteiger partial charge is 0.332 e. The molecule has 2 amide bonds. The third-order valence-electron chi connectivity index (χ3n) is 3.30.